The molecule has 1 spiro atoms. The van der Waals surface area contributed by atoms with Gasteiger partial charge >= 0.3 is 0 Å². The fraction of sp³-hybridized carbons (Fsp3) is 0.600. The fourth-order valence-corrected chi connectivity index (χ4v) is 6.14. The van der Waals surface area contributed by atoms with Crippen molar-refractivity contribution in [2.45, 2.75) is 54.9 Å². The summed E-state index contributed by atoms with van der Waals surface area (Å²) in [6.07, 6.45) is 3.69. The second-order valence-corrected chi connectivity index (χ2v) is 7.92. The molecule has 2 aliphatic heterocycles. The van der Waals surface area contributed by atoms with E-state index in [1.54, 1.807) is 7.11 Å². The Bertz CT molecular complexity index is 749. The second kappa shape index (κ2) is 5.00. The van der Waals surface area contributed by atoms with Crippen LogP contribution in [0.25, 0.3) is 0 Å². The Hall–Kier alpha value is -1.56. The van der Waals surface area contributed by atoms with Crippen LogP contribution in [0.2, 0.25) is 0 Å². The zero-order chi connectivity index (χ0) is 17.4. The molecule has 2 N–H and O–H groups in total. The van der Waals surface area contributed by atoms with Gasteiger partial charge in [0.1, 0.15) is 6.10 Å². The van der Waals surface area contributed by atoms with Gasteiger partial charge in [-0.3, -0.25) is 4.90 Å². The molecule has 1 unspecified atom stereocenters. The number of hydrogen-bond donors (Lipinski definition) is 2. The monoisotopic (exact) mass is 343 g/mol. The average Bonchev–Trinajstić information content (AvgIpc) is 2.96. The van der Waals surface area contributed by atoms with Crippen LogP contribution in [0.5, 0.6) is 11.5 Å². The van der Waals surface area contributed by atoms with Crippen LogP contribution in [0, 0.1) is 0 Å². The molecule has 25 heavy (non-hydrogen) atoms. The van der Waals surface area contributed by atoms with Crippen molar-refractivity contribution in [1.82, 2.24) is 4.90 Å². The van der Waals surface area contributed by atoms with Gasteiger partial charge in [-0.15, -0.1) is 6.58 Å². The Kier molecular flexibility index (Phi) is 3.13. The molecule has 0 amide bonds. The molecule has 1 saturated heterocycles. The van der Waals surface area contributed by atoms with Crippen LogP contribution >= 0.6 is 0 Å². The molecule has 2 aliphatic carbocycles. The Balaban J connectivity index is 1.77. The summed E-state index contributed by atoms with van der Waals surface area (Å²) in [6, 6.07) is 4.09. The van der Waals surface area contributed by atoms with Gasteiger partial charge < -0.3 is 19.7 Å². The number of nitrogens with zero attached hydrogens (tertiary/aromatic N) is 1. The van der Waals surface area contributed by atoms with Gasteiger partial charge in [-0.25, -0.2) is 0 Å². The molecule has 5 heteroatoms. The predicted molar refractivity (Wildman–Crippen MR) is 93.2 cm³/mol. The highest BCUT2D eigenvalue weighted by Gasteiger charge is 2.72. The van der Waals surface area contributed by atoms with Crippen LogP contribution in [0.4, 0.5) is 0 Å². The molecule has 134 valence electrons. The Morgan fingerprint density at radius 1 is 1.44 bits per heavy atom. The van der Waals surface area contributed by atoms with Crippen molar-refractivity contribution in [1.29, 1.82) is 0 Å². The Labute approximate surface area is 147 Å². The van der Waals surface area contributed by atoms with E-state index in [4.69, 9.17) is 9.47 Å². The molecule has 5 atom stereocenters. The molecule has 1 saturated carbocycles. The highest BCUT2D eigenvalue weighted by molar-refractivity contribution is 5.62. The van der Waals surface area contributed by atoms with Crippen LogP contribution in [-0.2, 0) is 11.8 Å². The highest BCUT2D eigenvalue weighted by Crippen LogP contribution is 2.65. The van der Waals surface area contributed by atoms with Crippen molar-refractivity contribution in [3.8, 4) is 11.5 Å². The summed E-state index contributed by atoms with van der Waals surface area (Å²) < 4.78 is 11.8. The third-order valence-electron chi connectivity index (χ3n) is 7.11. The predicted octanol–water partition coefficient (Wildman–Crippen LogP) is 1.40. The van der Waals surface area contributed by atoms with Gasteiger partial charge in [0.2, 0.25) is 0 Å². The van der Waals surface area contributed by atoms with Gasteiger partial charge in [-0.05, 0) is 43.9 Å². The van der Waals surface area contributed by atoms with E-state index in [9.17, 15) is 10.2 Å². The number of rotatable bonds is 3. The standard InChI is InChI=1S/C20H25NO4/c1-3-9-21-10-8-19-16-12-4-5-14(24-2)17(16)25-18(19)13(22)6-7-20(19,23)15(21)11-12/h3-5,13,15,18,22-23H,1,6-11H2,2H3/t13?,15-,18+,19+,20-/m0/s1. The number of benzene rings is 1. The SMILES string of the molecule is C=CCN1CC[C@@]23c4c5ccc(OC)c4O[C@@H]2C(O)CC[C@]3(O)[C@@H]1C5. The smallest absolute Gasteiger partial charge is 0.166 e. The molecule has 0 radical (unpaired) electrons. The Morgan fingerprint density at radius 3 is 3.04 bits per heavy atom. The first-order chi connectivity index (χ1) is 12.1. The first-order valence-electron chi connectivity index (χ1n) is 9.19. The van der Waals surface area contributed by atoms with E-state index in [1.807, 2.05) is 12.1 Å². The van der Waals surface area contributed by atoms with E-state index in [0.717, 1.165) is 37.2 Å². The van der Waals surface area contributed by atoms with Crippen molar-refractivity contribution < 1.29 is 19.7 Å². The molecule has 4 aliphatic rings. The summed E-state index contributed by atoms with van der Waals surface area (Å²) >= 11 is 0. The first-order valence-corrected chi connectivity index (χ1v) is 9.19. The lowest BCUT2D eigenvalue weighted by atomic mass is 9.48. The zero-order valence-corrected chi connectivity index (χ0v) is 14.6. The summed E-state index contributed by atoms with van der Waals surface area (Å²) in [4.78, 5) is 2.35. The van der Waals surface area contributed by atoms with E-state index in [-0.39, 0.29) is 6.04 Å². The molecule has 2 fully saturated rings. The lowest BCUT2D eigenvalue weighted by molar-refractivity contribution is -0.206. The quantitative estimate of drug-likeness (QED) is 0.813. The van der Waals surface area contributed by atoms with Crippen molar-refractivity contribution in [2.75, 3.05) is 20.2 Å². The van der Waals surface area contributed by atoms with Crippen LogP contribution < -0.4 is 9.47 Å². The maximum Gasteiger partial charge on any atom is 0.166 e. The van der Waals surface area contributed by atoms with E-state index in [1.165, 1.54) is 5.56 Å². The van der Waals surface area contributed by atoms with Gasteiger partial charge in [-0.2, -0.15) is 0 Å². The number of ether oxygens (including phenoxy) is 2. The number of aliphatic hydroxyl groups is 2. The average molecular weight is 343 g/mol. The van der Waals surface area contributed by atoms with E-state index >= 15 is 0 Å². The summed E-state index contributed by atoms with van der Waals surface area (Å²) in [5.41, 5.74) is 0.885. The lowest BCUT2D eigenvalue weighted by Crippen LogP contribution is -2.77. The number of aliphatic hydroxyl groups excluding tert-OH is 1. The minimum absolute atomic E-state index is 0.0321. The first kappa shape index (κ1) is 15.7. The van der Waals surface area contributed by atoms with Crippen LogP contribution in [0.3, 0.4) is 0 Å². The van der Waals surface area contributed by atoms with Crippen molar-refractivity contribution in [3.05, 3.63) is 35.9 Å². The van der Waals surface area contributed by atoms with Gasteiger partial charge in [0.25, 0.3) is 0 Å². The fourth-order valence-electron chi connectivity index (χ4n) is 6.14. The molecule has 5 nitrogen and oxygen atoms in total. The summed E-state index contributed by atoms with van der Waals surface area (Å²) in [5.74, 6) is 1.43. The van der Waals surface area contributed by atoms with Gasteiger partial charge in [-0.1, -0.05) is 12.1 Å². The highest BCUT2D eigenvalue weighted by atomic mass is 16.5. The van der Waals surface area contributed by atoms with E-state index in [0.29, 0.717) is 18.6 Å². The van der Waals surface area contributed by atoms with E-state index in [2.05, 4.69) is 17.5 Å². The normalized spacial score (nSPS) is 41.0. The van der Waals surface area contributed by atoms with Crippen molar-refractivity contribution in [3.63, 3.8) is 0 Å². The summed E-state index contributed by atoms with van der Waals surface area (Å²) in [6.45, 7) is 5.54. The van der Waals surface area contributed by atoms with Gasteiger partial charge in [0, 0.05) is 18.2 Å². The topological polar surface area (TPSA) is 62.2 Å². The minimum atomic E-state index is -0.886. The third kappa shape index (κ3) is 1.65. The maximum absolute atomic E-state index is 12.0. The van der Waals surface area contributed by atoms with E-state index < -0.39 is 23.2 Å². The zero-order valence-electron chi connectivity index (χ0n) is 14.6. The van der Waals surface area contributed by atoms with Crippen molar-refractivity contribution >= 4 is 0 Å². The summed E-state index contributed by atoms with van der Waals surface area (Å²) in [7, 11) is 1.64. The lowest BCUT2D eigenvalue weighted by Gasteiger charge is -2.63. The van der Waals surface area contributed by atoms with Crippen LogP contribution in [0.15, 0.2) is 24.8 Å². The Morgan fingerprint density at radius 2 is 2.28 bits per heavy atom. The van der Waals surface area contributed by atoms with Gasteiger partial charge in [0.05, 0.1) is 24.2 Å². The number of methoxy groups -OCH3 is 1. The third-order valence-corrected chi connectivity index (χ3v) is 7.11. The second-order valence-electron chi connectivity index (χ2n) is 7.92. The summed E-state index contributed by atoms with van der Waals surface area (Å²) in [5, 5.41) is 22.7. The molecule has 2 heterocycles. The van der Waals surface area contributed by atoms with Crippen molar-refractivity contribution in [2.24, 2.45) is 0 Å². The van der Waals surface area contributed by atoms with Crippen LogP contribution in [-0.4, -0.2) is 59.2 Å². The molecular formula is C20H25NO4. The van der Waals surface area contributed by atoms with Crippen LogP contribution in [0.1, 0.15) is 30.4 Å². The van der Waals surface area contributed by atoms with Gasteiger partial charge in [0.15, 0.2) is 11.5 Å². The number of hydrogen-bond acceptors (Lipinski definition) is 5. The maximum atomic E-state index is 12.0. The molecule has 1 aromatic carbocycles. The number of piperidine rings is 1. The minimum Gasteiger partial charge on any atom is -0.493 e. The number of likely N-dealkylation sites (tertiary alicyclic amines) is 1. The largest absolute Gasteiger partial charge is 0.493 e. The molecule has 2 bridgehead atoms. The molecule has 0 aromatic heterocycles. The molecule has 1 aromatic rings. The molecule has 5 rings (SSSR count). The molecular weight excluding hydrogens is 318 g/mol.